The molecular weight excluding hydrogens is 544 g/mol. The Morgan fingerprint density at radius 3 is 2.44 bits per heavy atom. The maximum atomic E-state index is 13.1. The summed E-state index contributed by atoms with van der Waals surface area (Å²) in [5.74, 6) is -2.97. The van der Waals surface area contributed by atoms with Crippen LogP contribution in [0.5, 0.6) is 5.75 Å². The first kappa shape index (κ1) is 34.2. The monoisotopic (exact) mass is 578 g/mol. The van der Waals surface area contributed by atoms with Gasteiger partial charge in [-0.25, -0.2) is 0 Å². The summed E-state index contributed by atoms with van der Waals surface area (Å²) >= 11 is 0. The van der Waals surface area contributed by atoms with Crippen molar-refractivity contribution in [3.05, 3.63) is 46.2 Å². The fraction of sp³-hybridized carbons (Fsp3) is 0.480. The van der Waals surface area contributed by atoms with Crippen molar-refractivity contribution in [2.45, 2.75) is 57.2 Å². The molecule has 0 aliphatic carbocycles. The molecule has 224 valence electrons. The number of nitrogens with two attached hydrogens (primary N) is 1. The van der Waals surface area contributed by atoms with E-state index in [4.69, 9.17) is 20.1 Å². The Morgan fingerprint density at radius 1 is 1.20 bits per heavy atom. The molecule has 1 aromatic carbocycles. The van der Waals surface area contributed by atoms with Crippen molar-refractivity contribution >= 4 is 35.5 Å². The summed E-state index contributed by atoms with van der Waals surface area (Å²) in [4.78, 5) is 78.9. The fourth-order valence-electron chi connectivity index (χ4n) is 3.70. The van der Waals surface area contributed by atoms with Crippen LogP contribution < -0.4 is 31.7 Å². The van der Waals surface area contributed by atoms with Gasteiger partial charge in [-0.3, -0.25) is 29.3 Å². The average molecular weight is 579 g/mol. The Balaban J connectivity index is 0.00000268. The molecular formula is C25H34N6O10. The highest BCUT2D eigenvalue weighted by Gasteiger charge is 2.30. The minimum atomic E-state index is -1.13. The molecule has 16 nitrogen and oxygen atoms in total. The zero-order chi connectivity index (χ0) is 30.9. The van der Waals surface area contributed by atoms with Gasteiger partial charge in [0.2, 0.25) is 17.7 Å². The van der Waals surface area contributed by atoms with Crippen LogP contribution in [0.4, 0.5) is 5.69 Å². The highest BCUT2D eigenvalue weighted by atomic mass is 16.6. The number of carbonyl (C=O) groups excluding carboxylic acids is 6. The van der Waals surface area contributed by atoms with Gasteiger partial charge in [-0.1, -0.05) is 13.5 Å². The van der Waals surface area contributed by atoms with Crippen LogP contribution >= 0.6 is 0 Å². The zero-order valence-electron chi connectivity index (χ0n) is 22.5. The zero-order valence-corrected chi connectivity index (χ0v) is 22.5. The highest BCUT2D eigenvalue weighted by molar-refractivity contribution is 6.01. The van der Waals surface area contributed by atoms with Crippen molar-refractivity contribution in [3.8, 4) is 5.75 Å². The third kappa shape index (κ3) is 11.4. The molecule has 0 saturated carbocycles. The van der Waals surface area contributed by atoms with Crippen LogP contribution in [0, 0.1) is 10.1 Å². The summed E-state index contributed by atoms with van der Waals surface area (Å²) in [6, 6.07) is 0.226. The predicted molar refractivity (Wildman–Crippen MR) is 141 cm³/mol. The van der Waals surface area contributed by atoms with Crippen molar-refractivity contribution < 1.29 is 43.5 Å². The summed E-state index contributed by atoms with van der Waals surface area (Å²) in [6.45, 7) is 4.94. The second kappa shape index (κ2) is 17.7. The van der Waals surface area contributed by atoms with Crippen LogP contribution in [-0.4, -0.2) is 77.6 Å². The summed E-state index contributed by atoms with van der Waals surface area (Å²) < 4.78 is 5.68. The van der Waals surface area contributed by atoms with Crippen molar-refractivity contribution in [1.82, 2.24) is 21.3 Å². The normalized spacial score (nSPS) is 19.2. The number of nitrogens with one attached hydrogen (secondary N) is 4. The number of benzene rings is 1. The van der Waals surface area contributed by atoms with E-state index < -0.39 is 46.7 Å². The molecule has 7 N–H and O–H groups in total. The van der Waals surface area contributed by atoms with Crippen molar-refractivity contribution in [2.75, 3.05) is 19.7 Å². The molecule has 0 spiro atoms. The van der Waals surface area contributed by atoms with E-state index >= 15 is 0 Å². The average Bonchev–Trinajstić information content (AvgIpc) is 2.93. The number of nitrogens with zero attached hydrogens (tertiary/aromatic N) is 1. The topological polar surface area (TPSA) is 249 Å². The maximum Gasteiger partial charge on any atom is 0.373 e. The van der Waals surface area contributed by atoms with Crippen molar-refractivity contribution in [2.24, 2.45) is 5.73 Å². The number of carbonyl (C=O) groups is 4. The van der Waals surface area contributed by atoms with Crippen LogP contribution in [0.15, 0.2) is 30.5 Å². The number of hydrogen-bond donors (Lipinski definition) is 6. The lowest BCUT2D eigenvalue weighted by Gasteiger charge is -2.26. The number of nitro benzene ring substituents is 1. The van der Waals surface area contributed by atoms with Crippen LogP contribution in [0.1, 0.15) is 49.4 Å². The Kier molecular flexibility index (Phi) is 14.8. The van der Waals surface area contributed by atoms with Crippen molar-refractivity contribution in [1.29, 1.82) is 0 Å². The first-order valence-corrected chi connectivity index (χ1v) is 12.7. The van der Waals surface area contributed by atoms with E-state index in [9.17, 15) is 34.4 Å². The predicted octanol–water partition coefficient (Wildman–Crippen LogP) is -0.411. The lowest BCUT2D eigenvalue weighted by Crippen LogP contribution is -2.57. The molecule has 0 aromatic heterocycles. The summed E-state index contributed by atoms with van der Waals surface area (Å²) in [7, 11) is 0. The minimum absolute atomic E-state index is 0.00528. The number of fused-ring (bicyclic) bond motifs is 1. The highest BCUT2D eigenvalue weighted by Crippen LogP contribution is 2.25. The number of hydrogen-bond acceptors (Lipinski definition) is 11. The molecule has 2 unspecified atom stereocenters. The van der Waals surface area contributed by atoms with E-state index in [1.54, 1.807) is 6.92 Å². The number of aliphatic hydroxyl groups excluding tert-OH is 1. The van der Waals surface area contributed by atoms with Crippen molar-refractivity contribution in [3.63, 3.8) is 0 Å². The number of ether oxygens (including phenoxy) is 1. The summed E-state index contributed by atoms with van der Waals surface area (Å²) in [5, 5.41) is 30.9. The van der Waals surface area contributed by atoms with Gasteiger partial charge >= 0.3 is 6.15 Å². The molecule has 1 aromatic rings. The molecule has 0 radical (unpaired) electrons. The van der Waals surface area contributed by atoms with Gasteiger partial charge in [0.15, 0.2) is 0 Å². The Hall–Kier alpha value is -4.82. The van der Waals surface area contributed by atoms with Gasteiger partial charge in [0.25, 0.3) is 11.6 Å². The van der Waals surface area contributed by atoms with E-state index in [-0.39, 0.29) is 61.3 Å². The van der Waals surface area contributed by atoms with Crippen LogP contribution in [0.3, 0.4) is 0 Å². The van der Waals surface area contributed by atoms with Gasteiger partial charge in [-0.15, -0.1) is 0 Å². The molecule has 0 saturated heterocycles. The SMILES string of the molecule is C=C(O)CNC(=O)C1CCOc2ccc([N+](=O)[O-])cc2C(=O)N[C@@H](CC)C(=O)NC(CCCCN)C(=O)N1.O=C=O. The second-order valence-electron chi connectivity index (χ2n) is 8.78. The minimum Gasteiger partial charge on any atom is -0.511 e. The molecule has 3 atom stereocenters. The molecule has 0 bridgehead atoms. The van der Waals surface area contributed by atoms with Gasteiger partial charge in [0.1, 0.15) is 29.6 Å². The van der Waals surface area contributed by atoms with E-state index in [1.165, 1.54) is 6.07 Å². The fourth-order valence-corrected chi connectivity index (χ4v) is 3.70. The lowest BCUT2D eigenvalue weighted by molar-refractivity contribution is -0.384. The number of nitro groups is 1. The quantitative estimate of drug-likeness (QED) is 0.0950. The van der Waals surface area contributed by atoms with Gasteiger partial charge in [0, 0.05) is 18.6 Å². The first-order chi connectivity index (χ1) is 19.5. The molecule has 1 heterocycles. The van der Waals surface area contributed by atoms with E-state index in [2.05, 4.69) is 27.8 Å². The van der Waals surface area contributed by atoms with E-state index in [1.807, 2.05) is 0 Å². The van der Waals surface area contributed by atoms with Crippen LogP contribution in [0.2, 0.25) is 0 Å². The van der Waals surface area contributed by atoms with E-state index in [0.717, 1.165) is 12.1 Å². The first-order valence-electron chi connectivity index (χ1n) is 12.7. The molecule has 4 amide bonds. The van der Waals surface area contributed by atoms with Gasteiger partial charge in [-0.05, 0) is 38.3 Å². The molecule has 16 heteroatoms. The number of unbranched alkanes of at least 4 members (excludes halogenated alkanes) is 1. The van der Waals surface area contributed by atoms with Gasteiger partial charge in [0.05, 0.1) is 23.6 Å². The Morgan fingerprint density at radius 2 is 1.85 bits per heavy atom. The smallest absolute Gasteiger partial charge is 0.373 e. The van der Waals surface area contributed by atoms with Gasteiger partial charge in [-0.2, -0.15) is 9.59 Å². The molecule has 1 aliphatic rings. The van der Waals surface area contributed by atoms with Gasteiger partial charge < -0.3 is 36.8 Å². The van der Waals surface area contributed by atoms with Crippen LogP contribution in [-0.2, 0) is 24.0 Å². The molecule has 2 rings (SSSR count). The van der Waals surface area contributed by atoms with Crippen LogP contribution in [0.25, 0.3) is 0 Å². The maximum absolute atomic E-state index is 13.1. The Labute approximate surface area is 235 Å². The number of non-ortho nitro benzene ring substituents is 1. The summed E-state index contributed by atoms with van der Waals surface area (Å²) in [6.07, 6.45) is 1.69. The second-order valence-corrected chi connectivity index (χ2v) is 8.78. The molecule has 41 heavy (non-hydrogen) atoms. The number of amides is 4. The molecule has 1 aliphatic heterocycles. The largest absolute Gasteiger partial charge is 0.511 e. The third-order valence-electron chi connectivity index (χ3n) is 5.79. The molecule has 0 fully saturated rings. The van der Waals surface area contributed by atoms with E-state index in [0.29, 0.717) is 19.4 Å². The number of aliphatic hydroxyl groups is 1. The number of rotatable bonds is 9. The summed E-state index contributed by atoms with van der Waals surface area (Å²) in [5.41, 5.74) is 5.04. The standard InChI is InChI=1S/C24H34N6O8.CO2/c1-3-17-23(34)28-18(6-4-5-10-25)24(35)29-19(22(33)26-13-14(2)31)9-11-38-20-8-7-15(30(36)37)12-16(20)21(32)27-17;2-1-3/h7-8,12,17-19,31H,2-6,9-11,13,25H2,1H3,(H,26,33)(H,27,32)(H,28,34)(H,29,35);/t17-,18?,19?;/m0./s1. The third-order valence-corrected chi connectivity index (χ3v) is 5.79. The Bertz CT molecular complexity index is 1150. The lowest BCUT2D eigenvalue weighted by atomic mass is 10.1.